The number of benzene rings is 1. The lowest BCUT2D eigenvalue weighted by Crippen LogP contribution is -2.13. The standard InChI is InChI=1S/C12H14O4/c1-8(2)7-11(13)16-10-6-4-3-5-9(10)12(14)15/h3-6,8H,7H2,1-2H3,(H,14,15). The minimum Gasteiger partial charge on any atom is -0.478 e. The molecule has 0 spiro atoms. The van der Waals surface area contributed by atoms with Crippen molar-refractivity contribution >= 4 is 11.9 Å². The van der Waals surface area contributed by atoms with E-state index in [0.717, 1.165) is 0 Å². The average molecular weight is 222 g/mol. The number of carboxylic acid groups (broad SMARTS) is 1. The number of carbonyl (C=O) groups excluding carboxylic acids is 1. The van der Waals surface area contributed by atoms with Gasteiger partial charge in [-0.2, -0.15) is 0 Å². The highest BCUT2D eigenvalue weighted by atomic mass is 16.5. The summed E-state index contributed by atoms with van der Waals surface area (Å²) in [4.78, 5) is 22.2. The molecule has 0 bridgehead atoms. The molecule has 0 heterocycles. The SMILES string of the molecule is CC(C)CC(=O)Oc1ccccc1C(=O)O. The molecule has 4 nitrogen and oxygen atoms in total. The van der Waals surface area contributed by atoms with E-state index in [1.54, 1.807) is 12.1 Å². The third kappa shape index (κ3) is 3.38. The molecule has 0 aliphatic heterocycles. The molecule has 0 saturated heterocycles. The number of hydrogen-bond acceptors (Lipinski definition) is 3. The van der Waals surface area contributed by atoms with Crippen LogP contribution in [0, 0.1) is 5.92 Å². The van der Waals surface area contributed by atoms with Gasteiger partial charge >= 0.3 is 11.9 Å². The van der Waals surface area contributed by atoms with Crippen LogP contribution >= 0.6 is 0 Å². The van der Waals surface area contributed by atoms with E-state index < -0.39 is 11.9 Å². The van der Waals surface area contributed by atoms with Crippen molar-refractivity contribution in [3.8, 4) is 5.75 Å². The smallest absolute Gasteiger partial charge is 0.339 e. The predicted octanol–water partition coefficient (Wildman–Crippen LogP) is 2.34. The largest absolute Gasteiger partial charge is 0.478 e. The van der Waals surface area contributed by atoms with Gasteiger partial charge in [0.2, 0.25) is 0 Å². The molecule has 0 saturated carbocycles. The van der Waals surface area contributed by atoms with Crippen LogP contribution in [0.3, 0.4) is 0 Å². The van der Waals surface area contributed by atoms with Crippen molar-refractivity contribution in [2.75, 3.05) is 0 Å². The molecular weight excluding hydrogens is 208 g/mol. The van der Waals surface area contributed by atoms with Crippen molar-refractivity contribution < 1.29 is 19.4 Å². The fraction of sp³-hybridized carbons (Fsp3) is 0.333. The zero-order valence-corrected chi connectivity index (χ0v) is 9.27. The van der Waals surface area contributed by atoms with Crippen LogP contribution in [0.5, 0.6) is 5.75 Å². The van der Waals surface area contributed by atoms with Gasteiger partial charge in [0, 0.05) is 6.42 Å². The number of para-hydroxylation sites is 1. The number of hydrogen-bond donors (Lipinski definition) is 1. The zero-order chi connectivity index (χ0) is 12.1. The Balaban J connectivity index is 2.81. The van der Waals surface area contributed by atoms with Crippen molar-refractivity contribution in [3.05, 3.63) is 29.8 Å². The summed E-state index contributed by atoms with van der Waals surface area (Å²) >= 11 is 0. The number of ether oxygens (including phenoxy) is 1. The molecule has 0 atom stereocenters. The first-order valence-corrected chi connectivity index (χ1v) is 5.03. The second-order valence-electron chi connectivity index (χ2n) is 3.87. The van der Waals surface area contributed by atoms with Gasteiger partial charge in [-0.1, -0.05) is 26.0 Å². The maximum atomic E-state index is 11.4. The van der Waals surface area contributed by atoms with Crippen LogP contribution in [0.2, 0.25) is 0 Å². The highest BCUT2D eigenvalue weighted by Gasteiger charge is 2.14. The first kappa shape index (κ1) is 12.2. The molecule has 0 unspecified atom stereocenters. The number of rotatable bonds is 4. The summed E-state index contributed by atoms with van der Waals surface area (Å²) < 4.78 is 5.00. The van der Waals surface area contributed by atoms with Crippen LogP contribution in [-0.4, -0.2) is 17.0 Å². The second kappa shape index (κ2) is 5.30. The Morgan fingerprint density at radius 1 is 1.31 bits per heavy atom. The molecule has 1 rings (SSSR count). The predicted molar refractivity (Wildman–Crippen MR) is 58.5 cm³/mol. The lowest BCUT2D eigenvalue weighted by molar-refractivity contribution is -0.135. The van der Waals surface area contributed by atoms with E-state index in [9.17, 15) is 9.59 Å². The highest BCUT2D eigenvalue weighted by molar-refractivity contribution is 5.91. The van der Waals surface area contributed by atoms with Crippen LogP contribution in [0.15, 0.2) is 24.3 Å². The van der Waals surface area contributed by atoms with Gasteiger partial charge < -0.3 is 9.84 Å². The molecule has 0 radical (unpaired) electrons. The minimum atomic E-state index is -1.10. The Morgan fingerprint density at radius 3 is 2.50 bits per heavy atom. The van der Waals surface area contributed by atoms with Gasteiger partial charge in [-0.3, -0.25) is 4.79 Å². The van der Waals surface area contributed by atoms with Crippen LogP contribution in [-0.2, 0) is 4.79 Å². The van der Waals surface area contributed by atoms with E-state index in [4.69, 9.17) is 9.84 Å². The molecule has 1 aromatic carbocycles. The number of esters is 1. The lowest BCUT2D eigenvalue weighted by atomic mass is 10.1. The van der Waals surface area contributed by atoms with Crippen molar-refractivity contribution in [1.82, 2.24) is 0 Å². The first-order chi connectivity index (χ1) is 7.50. The highest BCUT2D eigenvalue weighted by Crippen LogP contribution is 2.18. The topological polar surface area (TPSA) is 63.6 Å². The van der Waals surface area contributed by atoms with Gasteiger partial charge in [0.1, 0.15) is 11.3 Å². The van der Waals surface area contributed by atoms with Crippen molar-refractivity contribution in [2.24, 2.45) is 5.92 Å². The van der Waals surface area contributed by atoms with E-state index in [1.165, 1.54) is 12.1 Å². The Kier molecular flexibility index (Phi) is 4.05. The molecule has 0 amide bonds. The summed E-state index contributed by atoms with van der Waals surface area (Å²) in [6.07, 6.45) is 0.272. The van der Waals surface area contributed by atoms with Gasteiger partial charge in [-0.25, -0.2) is 4.79 Å². The molecule has 1 aromatic rings. The summed E-state index contributed by atoms with van der Waals surface area (Å²) in [5, 5.41) is 8.87. The molecular formula is C12H14O4. The fourth-order valence-corrected chi connectivity index (χ4v) is 1.23. The number of carbonyl (C=O) groups is 2. The first-order valence-electron chi connectivity index (χ1n) is 5.03. The van der Waals surface area contributed by atoms with Gasteiger partial charge in [-0.15, -0.1) is 0 Å². The number of aromatic carboxylic acids is 1. The quantitative estimate of drug-likeness (QED) is 0.627. The summed E-state index contributed by atoms with van der Waals surface area (Å²) in [5.41, 5.74) is -0.000365. The second-order valence-corrected chi connectivity index (χ2v) is 3.87. The van der Waals surface area contributed by atoms with Crippen LogP contribution in [0.4, 0.5) is 0 Å². The third-order valence-corrected chi connectivity index (χ3v) is 1.92. The number of carboxylic acids is 1. The van der Waals surface area contributed by atoms with E-state index in [-0.39, 0.29) is 23.7 Å². The van der Waals surface area contributed by atoms with Crippen LogP contribution in [0.25, 0.3) is 0 Å². The van der Waals surface area contributed by atoms with Gasteiger partial charge in [0.25, 0.3) is 0 Å². The molecule has 0 fully saturated rings. The normalized spacial score (nSPS) is 10.2. The monoisotopic (exact) mass is 222 g/mol. The van der Waals surface area contributed by atoms with E-state index in [0.29, 0.717) is 0 Å². The summed E-state index contributed by atoms with van der Waals surface area (Å²) in [5.74, 6) is -1.23. The van der Waals surface area contributed by atoms with Crippen molar-refractivity contribution in [2.45, 2.75) is 20.3 Å². The van der Waals surface area contributed by atoms with Gasteiger partial charge in [-0.05, 0) is 18.1 Å². The Hall–Kier alpha value is -1.84. The van der Waals surface area contributed by atoms with Gasteiger partial charge in [0.15, 0.2) is 0 Å². The Labute approximate surface area is 93.9 Å². The molecule has 86 valence electrons. The van der Waals surface area contributed by atoms with E-state index in [2.05, 4.69) is 0 Å². The zero-order valence-electron chi connectivity index (χ0n) is 9.27. The maximum Gasteiger partial charge on any atom is 0.339 e. The van der Waals surface area contributed by atoms with Crippen LogP contribution in [0.1, 0.15) is 30.6 Å². The summed E-state index contributed by atoms with van der Waals surface area (Å²) in [6.45, 7) is 3.79. The molecule has 16 heavy (non-hydrogen) atoms. The maximum absolute atomic E-state index is 11.4. The minimum absolute atomic E-state index is 0.000365. The average Bonchev–Trinajstić information content (AvgIpc) is 2.16. The molecule has 0 aliphatic rings. The Bertz CT molecular complexity index is 396. The fourth-order valence-electron chi connectivity index (χ4n) is 1.23. The van der Waals surface area contributed by atoms with Crippen molar-refractivity contribution in [1.29, 1.82) is 0 Å². The van der Waals surface area contributed by atoms with Crippen molar-refractivity contribution in [3.63, 3.8) is 0 Å². The van der Waals surface area contributed by atoms with Crippen LogP contribution < -0.4 is 4.74 Å². The third-order valence-electron chi connectivity index (χ3n) is 1.92. The summed E-state index contributed by atoms with van der Waals surface area (Å²) in [7, 11) is 0. The molecule has 0 aliphatic carbocycles. The summed E-state index contributed by atoms with van der Waals surface area (Å²) in [6, 6.07) is 6.09. The Morgan fingerprint density at radius 2 is 1.94 bits per heavy atom. The molecule has 0 aromatic heterocycles. The van der Waals surface area contributed by atoms with E-state index in [1.807, 2.05) is 13.8 Å². The lowest BCUT2D eigenvalue weighted by Gasteiger charge is -2.08. The molecule has 4 heteroatoms. The van der Waals surface area contributed by atoms with E-state index >= 15 is 0 Å². The van der Waals surface area contributed by atoms with Gasteiger partial charge in [0.05, 0.1) is 0 Å². The molecule has 1 N–H and O–H groups in total.